The molecular weight excluding hydrogens is 312 g/mol. The summed E-state index contributed by atoms with van der Waals surface area (Å²) >= 11 is 0. The van der Waals surface area contributed by atoms with Crippen molar-refractivity contribution in [2.75, 3.05) is 39.3 Å². The number of nitrogens with two attached hydrogens (primary N) is 2. The summed E-state index contributed by atoms with van der Waals surface area (Å²) in [7, 11) is 0. The molecule has 25 heavy (non-hydrogen) atoms. The van der Waals surface area contributed by atoms with Crippen LogP contribution in [0.25, 0.3) is 0 Å². The Bertz CT molecular complexity index is 283. The summed E-state index contributed by atoms with van der Waals surface area (Å²) in [5, 5.41) is 17.0. The molecule has 0 aliphatic heterocycles. The third kappa shape index (κ3) is 12.7. The van der Waals surface area contributed by atoms with Crippen LogP contribution in [0.5, 0.6) is 0 Å². The van der Waals surface area contributed by atoms with Crippen LogP contribution in [0.15, 0.2) is 0 Å². The van der Waals surface area contributed by atoms with Crippen molar-refractivity contribution < 1.29 is 5.11 Å². The van der Waals surface area contributed by atoms with Crippen molar-refractivity contribution in [1.82, 2.24) is 10.6 Å². The zero-order valence-electron chi connectivity index (χ0n) is 17.3. The van der Waals surface area contributed by atoms with Crippen LogP contribution >= 0.6 is 0 Å². The molecule has 152 valence electrons. The highest BCUT2D eigenvalue weighted by Gasteiger charge is 2.14. The average molecular weight is 359 g/mol. The molecule has 5 atom stereocenters. The van der Waals surface area contributed by atoms with Gasteiger partial charge in [-0.1, -0.05) is 47.0 Å². The van der Waals surface area contributed by atoms with Gasteiger partial charge in [0.1, 0.15) is 0 Å². The van der Waals surface area contributed by atoms with Crippen molar-refractivity contribution in [2.24, 2.45) is 35.1 Å². The highest BCUT2D eigenvalue weighted by Crippen LogP contribution is 2.17. The highest BCUT2D eigenvalue weighted by molar-refractivity contribution is 4.71. The fraction of sp³-hybridized carbons (Fsp3) is 1.00. The van der Waals surface area contributed by atoms with E-state index in [9.17, 15) is 5.11 Å². The third-order valence-corrected chi connectivity index (χ3v) is 5.49. The minimum Gasteiger partial charge on any atom is -0.390 e. The topological polar surface area (TPSA) is 96.3 Å². The van der Waals surface area contributed by atoms with Crippen molar-refractivity contribution in [1.29, 1.82) is 0 Å². The van der Waals surface area contributed by atoms with E-state index in [4.69, 9.17) is 11.5 Å². The summed E-state index contributed by atoms with van der Waals surface area (Å²) in [5.41, 5.74) is 11.6. The molecular formula is C20H46N4O. The molecule has 0 aromatic rings. The summed E-state index contributed by atoms with van der Waals surface area (Å²) in [6.07, 6.45) is 5.47. The fourth-order valence-corrected chi connectivity index (χ4v) is 3.40. The fourth-order valence-electron chi connectivity index (χ4n) is 3.40. The Balaban J connectivity index is 3.83. The van der Waals surface area contributed by atoms with Crippen molar-refractivity contribution in [2.45, 2.75) is 65.9 Å². The highest BCUT2D eigenvalue weighted by atomic mass is 16.3. The lowest BCUT2D eigenvalue weighted by molar-refractivity contribution is 0.163. The minimum absolute atomic E-state index is 0.335. The van der Waals surface area contributed by atoms with Gasteiger partial charge < -0.3 is 27.2 Å². The lowest BCUT2D eigenvalue weighted by Crippen LogP contribution is -2.39. The summed E-state index contributed by atoms with van der Waals surface area (Å²) in [6, 6.07) is 0. The molecule has 0 aromatic carbocycles. The van der Waals surface area contributed by atoms with Crippen LogP contribution < -0.4 is 22.1 Å². The first-order valence-electron chi connectivity index (χ1n) is 10.5. The first-order valence-corrected chi connectivity index (χ1v) is 10.5. The molecule has 7 N–H and O–H groups in total. The van der Waals surface area contributed by atoms with Crippen molar-refractivity contribution in [3.8, 4) is 0 Å². The maximum Gasteiger partial charge on any atom is 0.0788 e. The van der Waals surface area contributed by atoms with E-state index in [2.05, 4.69) is 38.3 Å². The van der Waals surface area contributed by atoms with E-state index in [1.54, 1.807) is 0 Å². The minimum atomic E-state index is -0.335. The molecule has 5 heteroatoms. The van der Waals surface area contributed by atoms with Gasteiger partial charge in [0.25, 0.3) is 0 Å². The van der Waals surface area contributed by atoms with E-state index < -0.39 is 0 Å². The van der Waals surface area contributed by atoms with Gasteiger partial charge in [-0.25, -0.2) is 0 Å². The Hall–Kier alpha value is -0.200. The molecule has 0 aliphatic rings. The van der Waals surface area contributed by atoms with Gasteiger partial charge in [-0.05, 0) is 62.7 Å². The van der Waals surface area contributed by atoms with Gasteiger partial charge in [0.15, 0.2) is 0 Å². The van der Waals surface area contributed by atoms with Gasteiger partial charge >= 0.3 is 0 Å². The lowest BCUT2D eigenvalue weighted by atomic mass is 9.91. The second kappa shape index (κ2) is 16.0. The van der Waals surface area contributed by atoms with Gasteiger partial charge in [-0.3, -0.25) is 0 Å². The molecule has 0 rings (SSSR count). The van der Waals surface area contributed by atoms with Crippen molar-refractivity contribution in [3.63, 3.8) is 0 Å². The molecule has 0 aromatic heterocycles. The zero-order chi connectivity index (χ0) is 19.1. The quantitative estimate of drug-likeness (QED) is 0.274. The van der Waals surface area contributed by atoms with Crippen molar-refractivity contribution in [3.05, 3.63) is 0 Å². The Morgan fingerprint density at radius 1 is 0.720 bits per heavy atom. The molecule has 0 unspecified atom stereocenters. The van der Waals surface area contributed by atoms with E-state index in [1.807, 2.05) is 0 Å². The van der Waals surface area contributed by atoms with Crippen LogP contribution in [0, 0.1) is 23.7 Å². The maximum atomic E-state index is 10.1. The van der Waals surface area contributed by atoms with Gasteiger partial charge in [-0.15, -0.1) is 0 Å². The summed E-state index contributed by atoms with van der Waals surface area (Å²) in [4.78, 5) is 0. The van der Waals surface area contributed by atoms with Gasteiger partial charge in [0.05, 0.1) is 6.10 Å². The first-order chi connectivity index (χ1) is 12.0. The van der Waals surface area contributed by atoms with E-state index in [0.717, 1.165) is 51.9 Å². The zero-order valence-corrected chi connectivity index (χ0v) is 17.3. The van der Waals surface area contributed by atoms with Crippen LogP contribution in [-0.4, -0.2) is 50.5 Å². The largest absolute Gasteiger partial charge is 0.390 e. The normalized spacial score (nSPS) is 17.9. The number of hydrogen-bond donors (Lipinski definition) is 5. The summed E-state index contributed by atoms with van der Waals surface area (Å²) < 4.78 is 0. The van der Waals surface area contributed by atoms with E-state index in [-0.39, 0.29) is 6.10 Å². The molecule has 0 radical (unpaired) electrons. The lowest BCUT2D eigenvalue weighted by Gasteiger charge is -2.22. The van der Waals surface area contributed by atoms with Crippen molar-refractivity contribution >= 4 is 0 Å². The molecule has 0 bridgehead atoms. The van der Waals surface area contributed by atoms with Crippen LogP contribution in [-0.2, 0) is 0 Å². The maximum absolute atomic E-state index is 10.1. The van der Waals surface area contributed by atoms with Gasteiger partial charge in [0.2, 0.25) is 0 Å². The summed E-state index contributed by atoms with van der Waals surface area (Å²) in [5.74, 6) is 2.49. The van der Waals surface area contributed by atoms with Crippen LogP contribution in [0.1, 0.15) is 59.8 Å². The first kappa shape index (κ1) is 24.8. The van der Waals surface area contributed by atoms with Crippen LogP contribution in [0.3, 0.4) is 0 Å². The second-order valence-corrected chi connectivity index (χ2v) is 7.84. The number of rotatable bonds is 17. The third-order valence-electron chi connectivity index (χ3n) is 5.49. The predicted octanol–water partition coefficient (Wildman–Crippen LogP) is 1.94. The smallest absolute Gasteiger partial charge is 0.0788 e. The SMILES string of the molecule is CC[C@H](CN)C[C@H](C)CNC[C@H](O)CNC[C@@H](CC)C[C@H](CC)CN. The number of nitrogens with one attached hydrogen (secondary N) is 2. The predicted molar refractivity (Wildman–Crippen MR) is 110 cm³/mol. The van der Waals surface area contributed by atoms with E-state index in [1.165, 1.54) is 6.42 Å². The average Bonchev–Trinajstić information content (AvgIpc) is 2.62. The standard InChI is InChI=1S/C20H46N4O/c1-5-17(10-21)8-16(4)12-23-14-20(25)15-24-13-19(7-3)9-18(6-2)11-22/h16-20,23-25H,5-15,21-22H2,1-4H3/t16-,17-,18-,19-,20-/m0/s1. The Morgan fingerprint density at radius 2 is 1.20 bits per heavy atom. The molecule has 0 fully saturated rings. The van der Waals surface area contributed by atoms with E-state index >= 15 is 0 Å². The molecule has 0 heterocycles. The molecule has 5 nitrogen and oxygen atoms in total. The molecule has 0 amide bonds. The molecule has 0 saturated heterocycles. The molecule has 0 saturated carbocycles. The number of aliphatic hydroxyl groups excluding tert-OH is 1. The van der Waals surface area contributed by atoms with Gasteiger partial charge in [-0.2, -0.15) is 0 Å². The Labute approximate surface area is 156 Å². The van der Waals surface area contributed by atoms with Crippen LogP contribution in [0.2, 0.25) is 0 Å². The Morgan fingerprint density at radius 3 is 1.68 bits per heavy atom. The van der Waals surface area contributed by atoms with E-state index in [0.29, 0.717) is 36.8 Å². The number of hydrogen-bond acceptors (Lipinski definition) is 5. The molecule has 0 spiro atoms. The molecule has 0 aliphatic carbocycles. The summed E-state index contributed by atoms with van der Waals surface area (Å²) in [6.45, 7) is 13.7. The van der Waals surface area contributed by atoms with Crippen LogP contribution in [0.4, 0.5) is 0 Å². The van der Waals surface area contributed by atoms with Gasteiger partial charge in [0, 0.05) is 13.1 Å². The monoisotopic (exact) mass is 358 g/mol. The second-order valence-electron chi connectivity index (χ2n) is 7.84. The Kier molecular flexibility index (Phi) is 15.9. The number of aliphatic hydroxyl groups is 1.